The normalized spacial score (nSPS) is 20.4. The lowest BCUT2D eigenvalue weighted by Gasteiger charge is -2.11. The van der Waals surface area contributed by atoms with Crippen LogP contribution in [0.25, 0.3) is 10.6 Å². The van der Waals surface area contributed by atoms with Gasteiger partial charge in [-0.1, -0.05) is 0 Å². The van der Waals surface area contributed by atoms with E-state index >= 15 is 0 Å². The molecule has 0 radical (unpaired) electrons. The maximum Gasteiger partial charge on any atom is 0.306 e. The summed E-state index contributed by atoms with van der Waals surface area (Å²) in [6.45, 7) is 1.96. The van der Waals surface area contributed by atoms with Gasteiger partial charge in [0, 0.05) is 28.2 Å². The van der Waals surface area contributed by atoms with Gasteiger partial charge in [-0.2, -0.15) is 0 Å². The highest BCUT2D eigenvalue weighted by atomic mass is 32.1. The number of carboxylic acids is 1. The summed E-state index contributed by atoms with van der Waals surface area (Å²) in [5.74, 6) is -1.49. The maximum absolute atomic E-state index is 12.2. The van der Waals surface area contributed by atoms with Crippen LogP contribution in [0, 0.1) is 18.8 Å². The van der Waals surface area contributed by atoms with Crippen molar-refractivity contribution in [2.45, 2.75) is 26.2 Å². The minimum atomic E-state index is -0.802. The van der Waals surface area contributed by atoms with Crippen molar-refractivity contribution in [1.82, 2.24) is 4.98 Å². The second-order valence-electron chi connectivity index (χ2n) is 5.91. The number of rotatable bonds is 4. The lowest BCUT2D eigenvalue weighted by atomic mass is 10.0. The summed E-state index contributed by atoms with van der Waals surface area (Å²) >= 11 is 1.59. The Hall–Kier alpha value is -2.21. The molecule has 1 aromatic carbocycles. The van der Waals surface area contributed by atoms with Crippen LogP contribution in [0.1, 0.15) is 25.0 Å². The van der Waals surface area contributed by atoms with E-state index in [2.05, 4.69) is 10.3 Å². The SMILES string of the molecule is Cc1csc(-c2ccc(NC(=O)[C@@H]3CC[C@H](C(=O)O)C3)cc2)n1. The largest absolute Gasteiger partial charge is 0.481 e. The van der Waals surface area contributed by atoms with Crippen LogP contribution in [0.2, 0.25) is 0 Å². The number of aromatic nitrogens is 1. The number of benzene rings is 1. The van der Waals surface area contributed by atoms with Crippen molar-refractivity contribution < 1.29 is 14.7 Å². The zero-order valence-corrected chi connectivity index (χ0v) is 13.6. The second-order valence-corrected chi connectivity index (χ2v) is 6.76. The molecule has 3 rings (SSSR count). The van der Waals surface area contributed by atoms with Crippen LogP contribution in [0.15, 0.2) is 29.6 Å². The molecule has 23 heavy (non-hydrogen) atoms. The first-order valence-corrected chi connectivity index (χ1v) is 8.47. The molecule has 1 fully saturated rings. The number of hydrogen-bond donors (Lipinski definition) is 2. The highest BCUT2D eigenvalue weighted by Gasteiger charge is 2.33. The van der Waals surface area contributed by atoms with E-state index in [9.17, 15) is 9.59 Å². The van der Waals surface area contributed by atoms with Gasteiger partial charge in [0.05, 0.1) is 5.92 Å². The maximum atomic E-state index is 12.2. The molecule has 2 aromatic rings. The van der Waals surface area contributed by atoms with Crippen LogP contribution in [-0.4, -0.2) is 22.0 Å². The lowest BCUT2D eigenvalue weighted by molar-refractivity contribution is -0.141. The number of thiazole rings is 1. The van der Waals surface area contributed by atoms with Crippen molar-refractivity contribution in [3.05, 3.63) is 35.3 Å². The fourth-order valence-electron chi connectivity index (χ4n) is 2.87. The van der Waals surface area contributed by atoms with Crippen molar-refractivity contribution in [3.63, 3.8) is 0 Å². The first-order chi connectivity index (χ1) is 11.0. The van der Waals surface area contributed by atoms with Crippen LogP contribution in [0.3, 0.4) is 0 Å². The van der Waals surface area contributed by atoms with Gasteiger partial charge in [-0.3, -0.25) is 9.59 Å². The number of anilines is 1. The standard InChI is InChI=1S/C17H18N2O3S/c1-10-9-23-16(18-10)11-4-6-14(7-5-11)19-15(20)12-2-3-13(8-12)17(21)22/h4-7,9,12-13H,2-3,8H2,1H3,(H,19,20)(H,21,22)/t12-,13+/m1/s1. The van der Waals surface area contributed by atoms with Crippen LogP contribution in [-0.2, 0) is 9.59 Å². The average molecular weight is 330 g/mol. The molecule has 120 valence electrons. The predicted molar refractivity (Wildman–Crippen MR) is 89.4 cm³/mol. The van der Waals surface area contributed by atoms with Gasteiger partial charge in [-0.05, 0) is 50.5 Å². The van der Waals surface area contributed by atoms with E-state index in [1.54, 1.807) is 11.3 Å². The van der Waals surface area contributed by atoms with Crippen molar-refractivity contribution in [1.29, 1.82) is 0 Å². The van der Waals surface area contributed by atoms with Gasteiger partial charge in [0.2, 0.25) is 5.91 Å². The van der Waals surface area contributed by atoms with Gasteiger partial charge >= 0.3 is 5.97 Å². The van der Waals surface area contributed by atoms with Gasteiger partial charge < -0.3 is 10.4 Å². The molecule has 6 heteroatoms. The number of carboxylic acid groups (broad SMARTS) is 1. The molecule has 5 nitrogen and oxygen atoms in total. The van der Waals surface area contributed by atoms with E-state index in [1.165, 1.54) is 0 Å². The summed E-state index contributed by atoms with van der Waals surface area (Å²) in [4.78, 5) is 27.6. The monoisotopic (exact) mass is 330 g/mol. The molecule has 0 bridgehead atoms. The number of aryl methyl sites for hydroxylation is 1. The number of nitrogens with zero attached hydrogens (tertiary/aromatic N) is 1. The highest BCUT2D eigenvalue weighted by Crippen LogP contribution is 2.32. The van der Waals surface area contributed by atoms with E-state index in [1.807, 2.05) is 36.6 Å². The van der Waals surface area contributed by atoms with Crippen LogP contribution in [0.4, 0.5) is 5.69 Å². The number of carbonyl (C=O) groups is 2. The lowest BCUT2D eigenvalue weighted by Crippen LogP contribution is -2.21. The number of nitrogens with one attached hydrogen (secondary N) is 1. The van der Waals surface area contributed by atoms with E-state index in [-0.39, 0.29) is 17.7 Å². The van der Waals surface area contributed by atoms with Crippen molar-refractivity contribution in [3.8, 4) is 10.6 Å². The number of hydrogen-bond acceptors (Lipinski definition) is 4. The first kappa shape index (κ1) is 15.7. The Morgan fingerprint density at radius 1 is 1.22 bits per heavy atom. The summed E-state index contributed by atoms with van der Waals surface area (Å²) in [6, 6.07) is 7.58. The third-order valence-corrected chi connectivity index (χ3v) is 5.18. The third kappa shape index (κ3) is 3.59. The van der Waals surface area contributed by atoms with Crippen LogP contribution >= 0.6 is 11.3 Å². The second kappa shape index (κ2) is 6.50. The van der Waals surface area contributed by atoms with Crippen LogP contribution < -0.4 is 5.32 Å². The Kier molecular flexibility index (Phi) is 4.43. The molecule has 1 aliphatic carbocycles. The molecule has 1 aliphatic rings. The quantitative estimate of drug-likeness (QED) is 0.898. The molecule has 0 spiro atoms. The molecule has 1 heterocycles. The van der Waals surface area contributed by atoms with Crippen LogP contribution in [0.5, 0.6) is 0 Å². The average Bonchev–Trinajstić information content (AvgIpc) is 3.17. The molecule has 0 unspecified atom stereocenters. The summed E-state index contributed by atoms with van der Waals surface area (Å²) in [6.07, 6.45) is 1.65. The predicted octanol–water partition coefficient (Wildman–Crippen LogP) is 3.56. The molecule has 1 aromatic heterocycles. The molecule has 0 aliphatic heterocycles. The fourth-order valence-corrected chi connectivity index (χ4v) is 3.67. The Morgan fingerprint density at radius 3 is 2.48 bits per heavy atom. The molecule has 2 atom stereocenters. The Bertz CT molecular complexity index is 724. The van der Waals surface area contributed by atoms with E-state index in [0.717, 1.165) is 22.0 Å². The van der Waals surface area contributed by atoms with Gasteiger partial charge in [-0.25, -0.2) is 4.98 Å². The molecule has 1 amide bonds. The zero-order chi connectivity index (χ0) is 16.4. The number of carbonyl (C=O) groups excluding carboxylic acids is 1. The highest BCUT2D eigenvalue weighted by molar-refractivity contribution is 7.13. The van der Waals surface area contributed by atoms with Gasteiger partial charge in [0.25, 0.3) is 0 Å². The van der Waals surface area contributed by atoms with Crippen molar-refractivity contribution >= 4 is 28.9 Å². The van der Waals surface area contributed by atoms with Gasteiger partial charge in [0.15, 0.2) is 0 Å². The molecular formula is C17H18N2O3S. The number of aliphatic carboxylic acids is 1. The smallest absolute Gasteiger partial charge is 0.306 e. The number of amides is 1. The fraction of sp³-hybridized carbons (Fsp3) is 0.353. The van der Waals surface area contributed by atoms with E-state index < -0.39 is 5.97 Å². The summed E-state index contributed by atoms with van der Waals surface area (Å²) in [5, 5.41) is 14.8. The van der Waals surface area contributed by atoms with Gasteiger partial charge in [-0.15, -0.1) is 11.3 Å². The third-order valence-electron chi connectivity index (χ3n) is 4.17. The summed E-state index contributed by atoms with van der Waals surface area (Å²) in [7, 11) is 0. The minimum absolute atomic E-state index is 0.0911. The Labute approximate surface area is 138 Å². The van der Waals surface area contributed by atoms with Crippen molar-refractivity contribution in [2.24, 2.45) is 11.8 Å². The molecule has 0 saturated heterocycles. The Morgan fingerprint density at radius 2 is 1.91 bits per heavy atom. The topological polar surface area (TPSA) is 79.3 Å². The van der Waals surface area contributed by atoms with Gasteiger partial charge in [0.1, 0.15) is 5.01 Å². The Balaban J connectivity index is 1.62. The zero-order valence-electron chi connectivity index (χ0n) is 12.8. The molecule has 2 N–H and O–H groups in total. The summed E-state index contributed by atoms with van der Waals surface area (Å²) in [5.41, 5.74) is 2.75. The minimum Gasteiger partial charge on any atom is -0.481 e. The van der Waals surface area contributed by atoms with E-state index in [0.29, 0.717) is 19.3 Å². The van der Waals surface area contributed by atoms with Crippen molar-refractivity contribution in [2.75, 3.05) is 5.32 Å². The molecule has 1 saturated carbocycles. The van der Waals surface area contributed by atoms with E-state index in [4.69, 9.17) is 5.11 Å². The first-order valence-electron chi connectivity index (χ1n) is 7.59. The molecular weight excluding hydrogens is 312 g/mol. The summed E-state index contributed by atoms with van der Waals surface area (Å²) < 4.78 is 0.